The molecule has 0 unspecified atom stereocenters. The Bertz CT molecular complexity index is 684. The molecule has 0 radical (unpaired) electrons. The molecule has 1 N–H and O–H groups in total. The van der Waals surface area contributed by atoms with Crippen molar-refractivity contribution in [3.05, 3.63) is 55.2 Å². The summed E-state index contributed by atoms with van der Waals surface area (Å²) in [6.07, 6.45) is 0.681. The Morgan fingerprint density at radius 3 is 2.38 bits per heavy atom. The van der Waals surface area contributed by atoms with E-state index in [9.17, 15) is 4.79 Å². The van der Waals surface area contributed by atoms with E-state index in [1.54, 1.807) is 18.2 Å². The molecular formula is C14H10BrCl3N2O. The van der Waals surface area contributed by atoms with E-state index >= 15 is 0 Å². The number of carbonyl (C=O) groups is 1. The first-order valence-electron chi connectivity index (χ1n) is 6.03. The molecule has 0 aliphatic carbocycles. The number of amides is 1. The van der Waals surface area contributed by atoms with Crippen LogP contribution in [-0.4, -0.2) is 10.9 Å². The molecule has 110 valence electrons. The van der Waals surface area contributed by atoms with Gasteiger partial charge in [-0.3, -0.25) is 4.79 Å². The molecule has 0 saturated carbocycles. The minimum atomic E-state index is -0.347. The summed E-state index contributed by atoms with van der Waals surface area (Å²) in [5.41, 5.74) is 1.50. The molecular weight excluding hydrogens is 398 g/mol. The number of halogens is 4. The zero-order valence-electron chi connectivity index (χ0n) is 10.9. The van der Waals surface area contributed by atoms with Gasteiger partial charge in [0.15, 0.2) is 0 Å². The van der Waals surface area contributed by atoms with Crippen LogP contribution >= 0.6 is 50.7 Å². The van der Waals surface area contributed by atoms with Gasteiger partial charge in [0.1, 0.15) is 5.15 Å². The topological polar surface area (TPSA) is 42.0 Å². The predicted molar refractivity (Wildman–Crippen MR) is 90.7 cm³/mol. The second-order valence-electron chi connectivity index (χ2n) is 4.22. The normalized spacial score (nSPS) is 10.5. The van der Waals surface area contributed by atoms with Gasteiger partial charge in [-0.2, -0.15) is 0 Å². The number of aromatic nitrogens is 1. The predicted octanol–water partition coefficient (Wildman–Crippen LogP) is 5.62. The molecule has 3 nitrogen and oxygen atoms in total. The monoisotopic (exact) mass is 406 g/mol. The largest absolute Gasteiger partial charge is 0.319 e. The van der Waals surface area contributed by atoms with E-state index in [0.29, 0.717) is 27.7 Å². The van der Waals surface area contributed by atoms with Gasteiger partial charge < -0.3 is 5.32 Å². The maximum absolute atomic E-state index is 12.3. The third-order valence-electron chi connectivity index (χ3n) is 2.72. The van der Waals surface area contributed by atoms with Crippen LogP contribution in [0.1, 0.15) is 23.0 Å². The average Bonchev–Trinajstić information content (AvgIpc) is 2.41. The highest BCUT2D eigenvalue weighted by molar-refractivity contribution is 9.10. The molecule has 1 amide bonds. The first kappa shape index (κ1) is 16.6. The van der Waals surface area contributed by atoms with Crippen LogP contribution in [0, 0.1) is 0 Å². The summed E-state index contributed by atoms with van der Waals surface area (Å²) in [5.74, 6) is -0.347. The molecule has 0 fully saturated rings. The molecule has 1 aromatic heterocycles. The summed E-state index contributed by atoms with van der Waals surface area (Å²) in [4.78, 5) is 16.4. The number of nitrogens with zero attached hydrogens (tertiary/aromatic N) is 1. The van der Waals surface area contributed by atoms with Gasteiger partial charge in [-0.1, -0.05) is 57.7 Å². The second kappa shape index (κ2) is 6.97. The van der Waals surface area contributed by atoms with Crippen molar-refractivity contribution < 1.29 is 4.79 Å². The molecule has 0 saturated heterocycles. The highest BCUT2D eigenvalue weighted by Crippen LogP contribution is 2.34. The number of pyridine rings is 1. The van der Waals surface area contributed by atoms with Gasteiger partial charge in [0.25, 0.3) is 5.91 Å². The first-order chi connectivity index (χ1) is 9.90. The molecule has 2 aromatic rings. The third kappa shape index (κ3) is 4.10. The maximum atomic E-state index is 12.3. The van der Waals surface area contributed by atoms with Crippen LogP contribution < -0.4 is 5.32 Å². The number of rotatable bonds is 3. The molecule has 0 spiro atoms. The molecule has 1 aromatic carbocycles. The molecule has 0 aliphatic heterocycles. The standard InChI is InChI=1S/C14H10BrCl3N2O/c1-2-9-3-7(4-12(18)19-9)14(21)20-13-10(16)5-8(15)6-11(13)17/h3-6H,2H2,1H3,(H,20,21). The van der Waals surface area contributed by atoms with Gasteiger partial charge in [0.2, 0.25) is 0 Å². The lowest BCUT2D eigenvalue weighted by Gasteiger charge is -2.10. The number of aryl methyl sites for hydroxylation is 1. The number of hydrogen-bond donors (Lipinski definition) is 1. The Balaban J connectivity index is 2.32. The zero-order valence-corrected chi connectivity index (χ0v) is 14.7. The fourth-order valence-corrected chi connectivity index (χ4v) is 3.24. The van der Waals surface area contributed by atoms with Gasteiger partial charge in [0, 0.05) is 15.7 Å². The van der Waals surface area contributed by atoms with E-state index in [1.807, 2.05) is 6.92 Å². The zero-order chi connectivity index (χ0) is 15.6. The summed E-state index contributed by atoms with van der Waals surface area (Å²) in [7, 11) is 0. The third-order valence-corrected chi connectivity index (χ3v) is 3.96. The smallest absolute Gasteiger partial charge is 0.255 e. The van der Waals surface area contributed by atoms with Crippen molar-refractivity contribution in [3.63, 3.8) is 0 Å². The van der Waals surface area contributed by atoms with Crippen LogP contribution in [0.25, 0.3) is 0 Å². The van der Waals surface area contributed by atoms with Gasteiger partial charge >= 0.3 is 0 Å². The number of carbonyl (C=O) groups excluding carboxylic acids is 1. The first-order valence-corrected chi connectivity index (χ1v) is 7.95. The van der Waals surface area contributed by atoms with Crippen LogP contribution in [0.15, 0.2) is 28.7 Å². The SMILES string of the molecule is CCc1cc(C(=O)Nc2c(Cl)cc(Br)cc2Cl)cc(Cl)n1. The Kier molecular flexibility index (Phi) is 5.49. The summed E-state index contributed by atoms with van der Waals surface area (Å²) >= 11 is 21.4. The Hall–Kier alpha value is -0.810. The molecule has 21 heavy (non-hydrogen) atoms. The molecule has 2 rings (SSSR count). The van der Waals surface area contributed by atoms with Crippen molar-refractivity contribution in [3.8, 4) is 0 Å². The minimum absolute atomic E-state index is 0.271. The van der Waals surface area contributed by atoms with Crippen molar-refractivity contribution in [2.75, 3.05) is 5.32 Å². The van der Waals surface area contributed by atoms with E-state index in [4.69, 9.17) is 34.8 Å². The quantitative estimate of drug-likeness (QED) is 0.670. The molecule has 7 heteroatoms. The van der Waals surface area contributed by atoms with E-state index < -0.39 is 0 Å². The Morgan fingerprint density at radius 2 is 1.81 bits per heavy atom. The van der Waals surface area contributed by atoms with Crippen LogP contribution in [0.5, 0.6) is 0 Å². The van der Waals surface area contributed by atoms with E-state index in [-0.39, 0.29) is 11.1 Å². The summed E-state index contributed by atoms with van der Waals surface area (Å²) in [6, 6.07) is 6.48. The van der Waals surface area contributed by atoms with Crippen LogP contribution in [-0.2, 0) is 6.42 Å². The lowest BCUT2D eigenvalue weighted by molar-refractivity contribution is 0.102. The summed E-state index contributed by atoms with van der Waals surface area (Å²) in [6.45, 7) is 1.93. The van der Waals surface area contributed by atoms with Crippen LogP contribution in [0.3, 0.4) is 0 Å². The van der Waals surface area contributed by atoms with Crippen molar-refractivity contribution in [2.24, 2.45) is 0 Å². The van der Waals surface area contributed by atoms with Crippen molar-refractivity contribution >= 4 is 62.3 Å². The second-order valence-corrected chi connectivity index (χ2v) is 6.34. The van der Waals surface area contributed by atoms with Gasteiger partial charge in [0.05, 0.1) is 15.7 Å². The summed E-state index contributed by atoms with van der Waals surface area (Å²) < 4.78 is 0.732. The number of anilines is 1. The van der Waals surface area contributed by atoms with Gasteiger partial charge in [-0.15, -0.1) is 0 Å². The van der Waals surface area contributed by atoms with Crippen LogP contribution in [0.2, 0.25) is 15.2 Å². The fraction of sp³-hybridized carbons (Fsp3) is 0.143. The fourth-order valence-electron chi connectivity index (χ4n) is 1.71. The molecule has 0 aliphatic rings. The van der Waals surface area contributed by atoms with Crippen molar-refractivity contribution in [1.82, 2.24) is 4.98 Å². The number of benzene rings is 1. The van der Waals surface area contributed by atoms with Crippen molar-refractivity contribution in [2.45, 2.75) is 13.3 Å². The van der Waals surface area contributed by atoms with Gasteiger partial charge in [-0.25, -0.2) is 4.98 Å². The highest BCUT2D eigenvalue weighted by Gasteiger charge is 2.14. The molecule has 0 atom stereocenters. The average molecular weight is 409 g/mol. The lowest BCUT2D eigenvalue weighted by Crippen LogP contribution is -2.13. The van der Waals surface area contributed by atoms with E-state index in [2.05, 4.69) is 26.2 Å². The number of hydrogen-bond acceptors (Lipinski definition) is 2. The van der Waals surface area contributed by atoms with Gasteiger partial charge in [-0.05, 0) is 30.7 Å². The van der Waals surface area contributed by atoms with E-state index in [1.165, 1.54) is 6.07 Å². The summed E-state index contributed by atoms with van der Waals surface area (Å²) in [5, 5.41) is 3.65. The maximum Gasteiger partial charge on any atom is 0.255 e. The van der Waals surface area contributed by atoms with E-state index in [0.717, 1.165) is 10.2 Å². The Morgan fingerprint density at radius 1 is 1.19 bits per heavy atom. The van der Waals surface area contributed by atoms with Crippen LogP contribution in [0.4, 0.5) is 5.69 Å². The Labute approximate surface area is 145 Å². The number of nitrogens with one attached hydrogen (secondary N) is 1. The van der Waals surface area contributed by atoms with Crippen molar-refractivity contribution in [1.29, 1.82) is 0 Å². The lowest BCUT2D eigenvalue weighted by atomic mass is 10.2. The minimum Gasteiger partial charge on any atom is -0.319 e. The highest BCUT2D eigenvalue weighted by atomic mass is 79.9. The molecule has 1 heterocycles. The molecule has 0 bridgehead atoms.